The Morgan fingerprint density at radius 3 is 2.77 bits per heavy atom. The zero-order chi connectivity index (χ0) is 15.7. The van der Waals surface area contributed by atoms with E-state index < -0.39 is 17.8 Å². The molecule has 6 heteroatoms. The fourth-order valence-electron chi connectivity index (χ4n) is 3.10. The van der Waals surface area contributed by atoms with E-state index in [0.29, 0.717) is 17.7 Å². The highest BCUT2D eigenvalue weighted by molar-refractivity contribution is 6.12. The van der Waals surface area contributed by atoms with Crippen LogP contribution >= 0.6 is 0 Å². The lowest BCUT2D eigenvalue weighted by Crippen LogP contribution is -2.48. The molecule has 2 unspecified atom stereocenters. The molecule has 1 saturated heterocycles. The van der Waals surface area contributed by atoms with Crippen molar-refractivity contribution in [1.82, 2.24) is 4.90 Å². The summed E-state index contributed by atoms with van der Waals surface area (Å²) < 4.78 is 5.49. The molecule has 3 rings (SSSR count). The van der Waals surface area contributed by atoms with E-state index in [1.165, 1.54) is 0 Å². The first-order valence-electron chi connectivity index (χ1n) is 7.36. The lowest BCUT2D eigenvalue weighted by molar-refractivity contribution is -0.142. The van der Waals surface area contributed by atoms with Gasteiger partial charge in [0.05, 0.1) is 25.0 Å². The Labute approximate surface area is 127 Å². The molecule has 22 heavy (non-hydrogen) atoms. The molecule has 1 aromatic rings. The van der Waals surface area contributed by atoms with Crippen molar-refractivity contribution >= 4 is 17.8 Å². The van der Waals surface area contributed by atoms with Crippen LogP contribution < -0.4 is 0 Å². The fraction of sp³-hybridized carbons (Fsp3) is 0.438. The van der Waals surface area contributed by atoms with Gasteiger partial charge in [-0.3, -0.25) is 19.3 Å². The summed E-state index contributed by atoms with van der Waals surface area (Å²) in [5.41, 5.74) is 0.912. The third-order valence-electron chi connectivity index (χ3n) is 4.16. The molecule has 6 nitrogen and oxygen atoms in total. The second kappa shape index (κ2) is 5.88. The molecule has 1 N–H and O–H groups in total. The Kier molecular flexibility index (Phi) is 3.94. The average Bonchev–Trinajstić information content (AvgIpc) is 3.01. The lowest BCUT2D eigenvalue weighted by atomic mass is 9.86. The van der Waals surface area contributed by atoms with Gasteiger partial charge in [-0.2, -0.15) is 0 Å². The SMILES string of the molecule is O=C(O)CC1C(=O)N(CC2CCCO2)C(=O)c2ccccc21. The minimum atomic E-state index is -1.06. The van der Waals surface area contributed by atoms with E-state index >= 15 is 0 Å². The highest BCUT2D eigenvalue weighted by Crippen LogP contribution is 2.32. The average molecular weight is 303 g/mol. The van der Waals surface area contributed by atoms with Crippen LogP contribution in [0.4, 0.5) is 0 Å². The second-order valence-corrected chi connectivity index (χ2v) is 5.63. The number of aliphatic carboxylic acids is 1. The molecule has 1 aromatic carbocycles. The number of hydrogen-bond acceptors (Lipinski definition) is 4. The number of carboxylic acid groups (broad SMARTS) is 1. The molecule has 0 radical (unpaired) electrons. The largest absolute Gasteiger partial charge is 0.481 e. The Morgan fingerprint density at radius 2 is 2.09 bits per heavy atom. The summed E-state index contributed by atoms with van der Waals surface area (Å²) >= 11 is 0. The first-order valence-corrected chi connectivity index (χ1v) is 7.36. The van der Waals surface area contributed by atoms with Crippen LogP contribution in [0.3, 0.4) is 0 Å². The molecular formula is C16H17NO5. The summed E-state index contributed by atoms with van der Waals surface area (Å²) in [6, 6.07) is 6.72. The van der Waals surface area contributed by atoms with Crippen LogP contribution in [0.15, 0.2) is 24.3 Å². The normalized spacial score (nSPS) is 24.5. The van der Waals surface area contributed by atoms with E-state index in [-0.39, 0.29) is 25.0 Å². The van der Waals surface area contributed by atoms with Crippen LogP contribution in [0.5, 0.6) is 0 Å². The van der Waals surface area contributed by atoms with E-state index in [1.807, 2.05) is 0 Å². The minimum absolute atomic E-state index is 0.149. The summed E-state index contributed by atoms with van der Waals surface area (Å²) in [6.07, 6.45) is 1.26. The number of nitrogens with zero attached hydrogens (tertiary/aromatic N) is 1. The van der Waals surface area contributed by atoms with Gasteiger partial charge in [-0.15, -0.1) is 0 Å². The first kappa shape index (κ1) is 14.7. The number of carbonyl (C=O) groups is 3. The van der Waals surface area contributed by atoms with Crippen molar-refractivity contribution in [1.29, 1.82) is 0 Å². The molecule has 0 aliphatic carbocycles. The van der Waals surface area contributed by atoms with Crippen molar-refractivity contribution in [2.45, 2.75) is 31.3 Å². The van der Waals surface area contributed by atoms with E-state index in [2.05, 4.69) is 0 Å². The van der Waals surface area contributed by atoms with Gasteiger partial charge in [0.15, 0.2) is 0 Å². The predicted molar refractivity (Wildman–Crippen MR) is 76.5 cm³/mol. The number of rotatable bonds is 4. The van der Waals surface area contributed by atoms with Crippen LogP contribution in [0.25, 0.3) is 0 Å². The van der Waals surface area contributed by atoms with Crippen molar-refractivity contribution in [2.24, 2.45) is 0 Å². The van der Waals surface area contributed by atoms with Gasteiger partial charge in [0.25, 0.3) is 5.91 Å². The smallest absolute Gasteiger partial charge is 0.304 e. The number of fused-ring (bicyclic) bond motifs is 1. The van der Waals surface area contributed by atoms with Crippen molar-refractivity contribution in [3.63, 3.8) is 0 Å². The molecule has 0 saturated carbocycles. The predicted octanol–water partition coefficient (Wildman–Crippen LogP) is 1.41. The zero-order valence-corrected chi connectivity index (χ0v) is 12.0. The molecule has 2 aliphatic heterocycles. The standard InChI is InChI=1S/C16H17NO5/c18-14(19)8-13-11-5-1-2-6-12(11)15(20)17(16(13)21)9-10-4-3-7-22-10/h1-2,5-6,10,13H,3-4,7-9H2,(H,18,19). The van der Waals surface area contributed by atoms with E-state index in [9.17, 15) is 14.4 Å². The van der Waals surface area contributed by atoms with E-state index in [0.717, 1.165) is 17.7 Å². The Morgan fingerprint density at radius 1 is 1.32 bits per heavy atom. The Bertz CT molecular complexity index is 621. The van der Waals surface area contributed by atoms with Gasteiger partial charge in [0.1, 0.15) is 0 Å². The second-order valence-electron chi connectivity index (χ2n) is 5.63. The summed E-state index contributed by atoms with van der Waals surface area (Å²) in [5, 5.41) is 9.07. The van der Waals surface area contributed by atoms with Gasteiger partial charge in [-0.1, -0.05) is 18.2 Å². The summed E-state index contributed by atoms with van der Waals surface area (Å²) in [5.74, 6) is -2.67. The van der Waals surface area contributed by atoms with Crippen LogP contribution in [-0.4, -0.2) is 47.0 Å². The van der Waals surface area contributed by atoms with Gasteiger partial charge in [0.2, 0.25) is 5.91 Å². The van der Waals surface area contributed by atoms with Gasteiger partial charge >= 0.3 is 5.97 Å². The first-order chi connectivity index (χ1) is 10.6. The number of benzene rings is 1. The fourth-order valence-corrected chi connectivity index (χ4v) is 3.10. The highest BCUT2D eigenvalue weighted by atomic mass is 16.5. The molecule has 1 fully saturated rings. The van der Waals surface area contributed by atoms with Crippen LogP contribution in [-0.2, 0) is 14.3 Å². The minimum Gasteiger partial charge on any atom is -0.481 e. The van der Waals surface area contributed by atoms with Gasteiger partial charge in [-0.05, 0) is 24.5 Å². The molecule has 0 aromatic heterocycles. The number of amides is 2. The topological polar surface area (TPSA) is 83.9 Å². The van der Waals surface area contributed by atoms with Crippen molar-refractivity contribution in [3.8, 4) is 0 Å². The molecular weight excluding hydrogens is 286 g/mol. The molecule has 2 amide bonds. The van der Waals surface area contributed by atoms with Crippen LogP contribution in [0, 0.1) is 0 Å². The highest BCUT2D eigenvalue weighted by Gasteiger charge is 2.40. The zero-order valence-electron chi connectivity index (χ0n) is 12.0. The molecule has 116 valence electrons. The quantitative estimate of drug-likeness (QED) is 0.850. The summed E-state index contributed by atoms with van der Waals surface area (Å²) in [4.78, 5) is 37.4. The van der Waals surface area contributed by atoms with Crippen LogP contribution in [0.2, 0.25) is 0 Å². The maximum Gasteiger partial charge on any atom is 0.304 e. The maximum absolute atomic E-state index is 12.6. The van der Waals surface area contributed by atoms with Crippen molar-refractivity contribution in [3.05, 3.63) is 35.4 Å². The molecule has 2 aliphatic rings. The molecule has 0 bridgehead atoms. The third-order valence-corrected chi connectivity index (χ3v) is 4.16. The van der Waals surface area contributed by atoms with Crippen molar-refractivity contribution in [2.75, 3.05) is 13.2 Å². The van der Waals surface area contributed by atoms with Crippen molar-refractivity contribution < 1.29 is 24.2 Å². The molecule has 2 heterocycles. The summed E-state index contributed by atoms with van der Waals surface area (Å²) in [7, 11) is 0. The number of carboxylic acids is 1. The monoisotopic (exact) mass is 303 g/mol. The van der Waals surface area contributed by atoms with E-state index in [4.69, 9.17) is 9.84 Å². The van der Waals surface area contributed by atoms with Gasteiger partial charge in [0, 0.05) is 12.2 Å². The number of hydrogen-bond donors (Lipinski definition) is 1. The van der Waals surface area contributed by atoms with Crippen LogP contribution in [0.1, 0.15) is 41.1 Å². The number of imide groups is 1. The molecule has 2 atom stereocenters. The Balaban J connectivity index is 1.93. The maximum atomic E-state index is 12.6. The number of carbonyl (C=O) groups excluding carboxylic acids is 2. The number of ether oxygens (including phenoxy) is 1. The Hall–Kier alpha value is -2.21. The lowest BCUT2D eigenvalue weighted by Gasteiger charge is -2.33. The van der Waals surface area contributed by atoms with Gasteiger partial charge < -0.3 is 9.84 Å². The van der Waals surface area contributed by atoms with Gasteiger partial charge in [-0.25, -0.2) is 0 Å². The van der Waals surface area contributed by atoms with E-state index in [1.54, 1.807) is 24.3 Å². The molecule has 0 spiro atoms. The third kappa shape index (κ3) is 2.62. The summed E-state index contributed by atoms with van der Waals surface area (Å²) in [6.45, 7) is 0.831.